The van der Waals surface area contributed by atoms with Crippen molar-refractivity contribution in [2.45, 2.75) is 19.9 Å². The van der Waals surface area contributed by atoms with Crippen molar-refractivity contribution in [1.82, 2.24) is 4.90 Å². The first-order chi connectivity index (χ1) is 11.9. The van der Waals surface area contributed by atoms with Crippen LogP contribution < -0.4 is 4.90 Å². The molecule has 0 radical (unpaired) electrons. The molecular formula is C20H23N3O2. The van der Waals surface area contributed by atoms with Gasteiger partial charge >= 0.3 is 0 Å². The molecule has 25 heavy (non-hydrogen) atoms. The van der Waals surface area contributed by atoms with Crippen LogP contribution in [0.5, 0.6) is 0 Å². The molecular weight excluding hydrogens is 314 g/mol. The summed E-state index contributed by atoms with van der Waals surface area (Å²) in [6, 6.07) is 12.6. The molecule has 0 saturated carbocycles. The quantitative estimate of drug-likeness (QED) is 0.805. The number of rotatable bonds is 3. The van der Waals surface area contributed by atoms with Gasteiger partial charge in [-0.15, -0.1) is 0 Å². The zero-order valence-electron chi connectivity index (χ0n) is 15.3. The Labute approximate surface area is 148 Å². The Morgan fingerprint density at radius 2 is 1.80 bits per heavy atom. The molecule has 130 valence electrons. The van der Waals surface area contributed by atoms with Crippen LogP contribution in [-0.4, -0.2) is 44.0 Å². The lowest BCUT2D eigenvalue weighted by Gasteiger charge is -2.16. The summed E-state index contributed by atoms with van der Waals surface area (Å²) in [7, 11) is 5.72. The molecule has 3 rings (SSSR count). The Kier molecular flexibility index (Phi) is 4.49. The third-order valence-corrected chi connectivity index (χ3v) is 4.08. The number of fused-ring (bicyclic) bond motifs is 1. The number of amides is 1. The molecule has 2 aromatic rings. The Hall–Kier alpha value is -2.82. The zero-order chi connectivity index (χ0) is 18.1. The summed E-state index contributed by atoms with van der Waals surface area (Å²) in [6.07, 6.45) is 1.80. The van der Waals surface area contributed by atoms with E-state index in [2.05, 4.69) is 28.1 Å². The number of benzene rings is 2. The number of carbonyl (C=O) groups is 1. The lowest BCUT2D eigenvalue weighted by atomic mass is 10.0. The minimum absolute atomic E-state index is 0.0600. The highest BCUT2D eigenvalue weighted by atomic mass is 16.5. The fourth-order valence-corrected chi connectivity index (χ4v) is 2.85. The monoisotopic (exact) mass is 337 g/mol. The van der Waals surface area contributed by atoms with Crippen LogP contribution in [0.25, 0.3) is 16.8 Å². The van der Waals surface area contributed by atoms with E-state index in [4.69, 9.17) is 4.74 Å². The van der Waals surface area contributed by atoms with Crippen molar-refractivity contribution in [1.29, 1.82) is 0 Å². The first kappa shape index (κ1) is 17.0. The summed E-state index contributed by atoms with van der Waals surface area (Å²) in [5, 5.41) is 2.21. The average Bonchev–Trinajstić information content (AvgIpc) is 2.82. The van der Waals surface area contributed by atoms with E-state index < -0.39 is 0 Å². The molecule has 0 aromatic heterocycles. The van der Waals surface area contributed by atoms with E-state index in [1.807, 2.05) is 46.1 Å². The summed E-state index contributed by atoms with van der Waals surface area (Å²) in [6.45, 7) is 3.90. The van der Waals surface area contributed by atoms with E-state index in [1.165, 1.54) is 4.90 Å². The van der Waals surface area contributed by atoms with Crippen molar-refractivity contribution in [3.05, 3.63) is 47.7 Å². The van der Waals surface area contributed by atoms with Crippen LogP contribution in [0.1, 0.15) is 19.4 Å². The summed E-state index contributed by atoms with van der Waals surface area (Å²) in [5.74, 6) is 0.116. The Morgan fingerprint density at radius 1 is 1.12 bits per heavy atom. The van der Waals surface area contributed by atoms with Gasteiger partial charge in [0.15, 0.2) is 5.76 Å². The first-order valence-electron chi connectivity index (χ1n) is 8.33. The number of anilines is 1. The van der Waals surface area contributed by atoms with Gasteiger partial charge in [0.05, 0.1) is 0 Å². The molecule has 0 bridgehead atoms. The maximum absolute atomic E-state index is 12.5. The van der Waals surface area contributed by atoms with E-state index in [0.29, 0.717) is 11.8 Å². The van der Waals surface area contributed by atoms with Gasteiger partial charge in [-0.1, -0.05) is 30.3 Å². The molecule has 1 heterocycles. The Bertz CT molecular complexity index is 882. The van der Waals surface area contributed by atoms with Gasteiger partial charge in [-0.3, -0.25) is 9.69 Å². The van der Waals surface area contributed by atoms with Gasteiger partial charge in [0.2, 0.25) is 0 Å². The molecule has 2 aromatic carbocycles. The van der Waals surface area contributed by atoms with Gasteiger partial charge in [-0.25, -0.2) is 4.99 Å². The second kappa shape index (κ2) is 6.59. The molecule has 0 N–H and O–H groups in total. The molecule has 1 aliphatic heterocycles. The summed E-state index contributed by atoms with van der Waals surface area (Å²) < 4.78 is 5.70. The van der Waals surface area contributed by atoms with E-state index in [1.54, 1.807) is 13.1 Å². The zero-order valence-corrected chi connectivity index (χ0v) is 15.3. The Morgan fingerprint density at radius 3 is 2.44 bits per heavy atom. The fourth-order valence-electron chi connectivity index (χ4n) is 2.85. The topological polar surface area (TPSA) is 45.1 Å². The first-order valence-corrected chi connectivity index (χ1v) is 8.33. The number of hydrogen-bond acceptors (Lipinski definition) is 4. The van der Waals surface area contributed by atoms with Crippen molar-refractivity contribution >= 4 is 34.5 Å². The number of carbonyl (C=O) groups excluding carboxylic acids is 1. The normalized spacial score (nSPS) is 17.8. The second-order valence-corrected chi connectivity index (χ2v) is 6.59. The summed E-state index contributed by atoms with van der Waals surface area (Å²) >= 11 is 0. The highest BCUT2D eigenvalue weighted by molar-refractivity contribution is 6.12. The highest BCUT2D eigenvalue weighted by Gasteiger charge is 2.31. The van der Waals surface area contributed by atoms with E-state index >= 15 is 0 Å². The number of ether oxygens (including phenoxy) is 1. The minimum Gasteiger partial charge on any atom is -0.420 e. The summed E-state index contributed by atoms with van der Waals surface area (Å²) in [4.78, 5) is 20.3. The lowest BCUT2D eigenvalue weighted by molar-refractivity contribution is -0.122. The third kappa shape index (κ3) is 3.22. The smallest absolute Gasteiger partial charge is 0.300 e. The maximum atomic E-state index is 12.5. The van der Waals surface area contributed by atoms with Crippen molar-refractivity contribution < 1.29 is 9.53 Å². The van der Waals surface area contributed by atoms with Crippen LogP contribution in [0, 0.1) is 0 Å². The molecule has 0 spiro atoms. The molecule has 5 heteroatoms. The van der Waals surface area contributed by atoms with Crippen molar-refractivity contribution in [2.75, 3.05) is 26.0 Å². The number of amidine groups is 1. The molecule has 1 amide bonds. The minimum atomic E-state index is -0.180. The Balaban J connectivity index is 2.08. The van der Waals surface area contributed by atoms with Crippen molar-refractivity contribution in [2.24, 2.45) is 4.99 Å². The van der Waals surface area contributed by atoms with Gasteiger partial charge in [-0.2, -0.15) is 0 Å². The molecule has 5 nitrogen and oxygen atoms in total. The maximum Gasteiger partial charge on any atom is 0.300 e. The molecule has 1 aliphatic rings. The largest absolute Gasteiger partial charge is 0.420 e. The molecule has 0 unspecified atom stereocenters. The van der Waals surface area contributed by atoms with Crippen LogP contribution in [0.15, 0.2) is 47.1 Å². The van der Waals surface area contributed by atoms with Crippen LogP contribution in [0.4, 0.5) is 5.69 Å². The lowest BCUT2D eigenvalue weighted by Crippen LogP contribution is -2.25. The molecule has 0 atom stereocenters. The molecule has 1 fully saturated rings. The van der Waals surface area contributed by atoms with Crippen LogP contribution in [0.3, 0.4) is 0 Å². The fraction of sp³-hybridized carbons (Fsp3) is 0.300. The molecule has 0 aliphatic carbocycles. The van der Waals surface area contributed by atoms with Gasteiger partial charge in [0, 0.05) is 38.3 Å². The van der Waals surface area contributed by atoms with Crippen LogP contribution in [0.2, 0.25) is 0 Å². The van der Waals surface area contributed by atoms with Crippen LogP contribution >= 0.6 is 0 Å². The highest BCUT2D eigenvalue weighted by Crippen LogP contribution is 2.30. The van der Waals surface area contributed by atoms with Gasteiger partial charge < -0.3 is 9.64 Å². The standard InChI is InChI=1S/C20H23N3O2/c1-13(2)21-20-23(5)19(24)18(25-20)12-14-10-11-17(22(3)4)16-9-7-6-8-15(14)16/h6-13H,1-5H3/b18-12+,21-20?. The number of nitrogens with zero attached hydrogens (tertiary/aromatic N) is 3. The van der Waals surface area contributed by atoms with Crippen molar-refractivity contribution in [3.63, 3.8) is 0 Å². The number of aliphatic imine (C=N–C) groups is 1. The SMILES string of the molecule is CC(C)N=C1O/C(=C/c2ccc(N(C)C)c3ccccc23)C(=O)N1C. The van der Waals surface area contributed by atoms with E-state index in [0.717, 1.165) is 22.0 Å². The predicted molar refractivity (Wildman–Crippen MR) is 103 cm³/mol. The summed E-state index contributed by atoms with van der Waals surface area (Å²) in [5.41, 5.74) is 2.08. The second-order valence-electron chi connectivity index (χ2n) is 6.59. The van der Waals surface area contributed by atoms with Gasteiger partial charge in [-0.05, 0) is 36.9 Å². The van der Waals surface area contributed by atoms with E-state index in [-0.39, 0.29) is 11.9 Å². The van der Waals surface area contributed by atoms with E-state index in [9.17, 15) is 4.79 Å². The predicted octanol–water partition coefficient (Wildman–Crippen LogP) is 3.50. The van der Waals surface area contributed by atoms with Crippen molar-refractivity contribution in [3.8, 4) is 0 Å². The van der Waals surface area contributed by atoms with Gasteiger partial charge in [0.1, 0.15) is 0 Å². The van der Waals surface area contributed by atoms with Crippen LogP contribution in [-0.2, 0) is 9.53 Å². The average molecular weight is 337 g/mol. The number of likely N-dealkylation sites (N-methyl/N-ethyl adjacent to an activating group) is 1. The van der Waals surface area contributed by atoms with Gasteiger partial charge in [0.25, 0.3) is 11.9 Å². The number of hydrogen-bond donors (Lipinski definition) is 0. The molecule has 1 saturated heterocycles. The third-order valence-electron chi connectivity index (χ3n) is 4.08.